The number of nitrogens with two attached hydrogens (primary N) is 1. The van der Waals surface area contributed by atoms with Gasteiger partial charge in [0.1, 0.15) is 0 Å². The molecule has 1 saturated heterocycles. The highest BCUT2D eigenvalue weighted by atomic mass is 16.5. The van der Waals surface area contributed by atoms with Crippen LogP contribution in [0.1, 0.15) is 26.3 Å². The number of hydrogen-bond donors (Lipinski definition) is 2. The van der Waals surface area contributed by atoms with Crippen molar-refractivity contribution in [3.8, 4) is 0 Å². The zero-order valence-electron chi connectivity index (χ0n) is 11.6. The van der Waals surface area contributed by atoms with Gasteiger partial charge in [-0.1, -0.05) is 6.92 Å². The van der Waals surface area contributed by atoms with E-state index >= 15 is 0 Å². The molecule has 1 fully saturated rings. The first-order valence-electron chi connectivity index (χ1n) is 6.62. The molecule has 5 nitrogen and oxygen atoms in total. The lowest BCUT2D eigenvalue weighted by molar-refractivity contribution is 0.0476. The highest BCUT2D eigenvalue weighted by molar-refractivity contribution is 5.08. The molecule has 2 rings (SSSR count). The van der Waals surface area contributed by atoms with Crippen molar-refractivity contribution in [1.82, 2.24) is 15.2 Å². The normalized spacial score (nSPS) is 33.8. The summed E-state index contributed by atoms with van der Waals surface area (Å²) >= 11 is 0. The van der Waals surface area contributed by atoms with Crippen molar-refractivity contribution in [3.63, 3.8) is 0 Å². The molecule has 0 radical (unpaired) electrons. The number of rotatable bonds is 4. The second kappa shape index (κ2) is 5.38. The number of aromatic nitrogens is 2. The van der Waals surface area contributed by atoms with Gasteiger partial charge in [0.15, 0.2) is 0 Å². The van der Waals surface area contributed by atoms with Crippen molar-refractivity contribution in [2.75, 3.05) is 0 Å². The Morgan fingerprint density at radius 2 is 2.17 bits per heavy atom. The van der Waals surface area contributed by atoms with Gasteiger partial charge in [-0.25, -0.2) is 0 Å². The SMILES string of the molecule is CC1OC(C)C(C(Cc2cnn(C)c2)NN)C1C. The zero-order chi connectivity index (χ0) is 13.3. The fourth-order valence-corrected chi connectivity index (χ4v) is 3.12. The molecule has 5 unspecified atom stereocenters. The Hall–Kier alpha value is -0.910. The van der Waals surface area contributed by atoms with Gasteiger partial charge >= 0.3 is 0 Å². The highest BCUT2D eigenvalue weighted by Crippen LogP contribution is 2.35. The first-order valence-corrected chi connectivity index (χ1v) is 6.62. The van der Waals surface area contributed by atoms with Gasteiger partial charge in [-0.15, -0.1) is 0 Å². The number of aryl methyl sites for hydroxylation is 1. The van der Waals surface area contributed by atoms with Crippen molar-refractivity contribution in [3.05, 3.63) is 18.0 Å². The Morgan fingerprint density at radius 1 is 1.44 bits per heavy atom. The molecular weight excluding hydrogens is 228 g/mol. The second-order valence-electron chi connectivity index (χ2n) is 5.48. The molecule has 1 aromatic rings. The van der Waals surface area contributed by atoms with Gasteiger partial charge in [0.2, 0.25) is 0 Å². The largest absolute Gasteiger partial charge is 0.375 e. The van der Waals surface area contributed by atoms with Crippen LogP contribution in [0.4, 0.5) is 0 Å². The smallest absolute Gasteiger partial charge is 0.0597 e. The van der Waals surface area contributed by atoms with Crippen molar-refractivity contribution >= 4 is 0 Å². The van der Waals surface area contributed by atoms with Crippen LogP contribution in [0, 0.1) is 11.8 Å². The van der Waals surface area contributed by atoms with E-state index in [0.717, 1.165) is 6.42 Å². The van der Waals surface area contributed by atoms with Crippen LogP contribution in [0.15, 0.2) is 12.4 Å². The van der Waals surface area contributed by atoms with E-state index in [0.29, 0.717) is 17.9 Å². The van der Waals surface area contributed by atoms with E-state index in [2.05, 4.69) is 31.3 Å². The predicted molar refractivity (Wildman–Crippen MR) is 70.7 cm³/mol. The van der Waals surface area contributed by atoms with Gasteiger partial charge in [-0.2, -0.15) is 5.10 Å². The van der Waals surface area contributed by atoms with E-state index in [-0.39, 0.29) is 12.1 Å². The van der Waals surface area contributed by atoms with Gasteiger partial charge in [0.05, 0.1) is 18.4 Å². The van der Waals surface area contributed by atoms with E-state index in [4.69, 9.17) is 10.6 Å². The average Bonchev–Trinajstić information content (AvgIpc) is 2.82. The Labute approximate surface area is 109 Å². The minimum atomic E-state index is 0.226. The number of hydrazine groups is 1. The first-order chi connectivity index (χ1) is 8.52. The fourth-order valence-electron chi connectivity index (χ4n) is 3.12. The van der Waals surface area contributed by atoms with Crippen LogP contribution in [0.3, 0.4) is 0 Å². The summed E-state index contributed by atoms with van der Waals surface area (Å²) in [5.41, 5.74) is 4.17. The molecule has 2 heterocycles. The fraction of sp³-hybridized carbons (Fsp3) is 0.769. The van der Waals surface area contributed by atoms with Gasteiger partial charge < -0.3 is 4.74 Å². The van der Waals surface area contributed by atoms with Crippen LogP contribution in [0.5, 0.6) is 0 Å². The molecule has 0 aromatic carbocycles. The van der Waals surface area contributed by atoms with Gasteiger partial charge in [0, 0.05) is 25.2 Å². The summed E-state index contributed by atoms with van der Waals surface area (Å²) in [6.07, 6.45) is 5.37. The summed E-state index contributed by atoms with van der Waals surface area (Å²) in [7, 11) is 1.93. The second-order valence-corrected chi connectivity index (χ2v) is 5.48. The molecule has 0 saturated carbocycles. The molecule has 18 heavy (non-hydrogen) atoms. The van der Waals surface area contributed by atoms with Crippen LogP contribution in [-0.2, 0) is 18.2 Å². The van der Waals surface area contributed by atoms with Crippen LogP contribution >= 0.6 is 0 Å². The number of nitrogens with one attached hydrogen (secondary N) is 1. The molecule has 102 valence electrons. The number of ether oxygens (including phenoxy) is 1. The summed E-state index contributed by atoms with van der Waals surface area (Å²) in [6, 6.07) is 0.226. The highest BCUT2D eigenvalue weighted by Gasteiger charge is 2.41. The average molecular weight is 252 g/mol. The standard InChI is InChI=1S/C13H24N4O/c1-8-9(2)18-10(3)13(8)12(16-14)5-11-6-15-17(4)7-11/h6-10,12-13,16H,5,14H2,1-4H3. The van der Waals surface area contributed by atoms with Crippen molar-refractivity contribution in [2.45, 2.75) is 45.4 Å². The Bertz CT molecular complexity index is 392. The Balaban J connectivity index is 2.08. The Morgan fingerprint density at radius 3 is 2.61 bits per heavy atom. The molecule has 0 aliphatic carbocycles. The lowest BCUT2D eigenvalue weighted by Crippen LogP contribution is -2.46. The van der Waals surface area contributed by atoms with Gasteiger partial charge in [0.25, 0.3) is 0 Å². The molecule has 5 atom stereocenters. The first kappa shape index (κ1) is 13.5. The van der Waals surface area contributed by atoms with E-state index in [1.165, 1.54) is 5.56 Å². The van der Waals surface area contributed by atoms with E-state index < -0.39 is 0 Å². The summed E-state index contributed by atoms with van der Waals surface area (Å²) in [5.74, 6) is 6.69. The molecular formula is C13H24N4O. The predicted octanol–water partition coefficient (Wildman–Crippen LogP) is 0.854. The third kappa shape index (κ3) is 2.58. The van der Waals surface area contributed by atoms with Crippen LogP contribution in [-0.4, -0.2) is 28.0 Å². The van der Waals surface area contributed by atoms with Crippen LogP contribution in [0.25, 0.3) is 0 Å². The minimum Gasteiger partial charge on any atom is -0.375 e. The summed E-state index contributed by atoms with van der Waals surface area (Å²) in [6.45, 7) is 6.52. The summed E-state index contributed by atoms with van der Waals surface area (Å²) < 4.78 is 7.72. The van der Waals surface area contributed by atoms with E-state index in [9.17, 15) is 0 Å². The van der Waals surface area contributed by atoms with Gasteiger partial charge in [-0.05, 0) is 31.7 Å². The third-order valence-corrected chi connectivity index (χ3v) is 4.21. The lowest BCUT2D eigenvalue weighted by Gasteiger charge is -2.28. The van der Waals surface area contributed by atoms with E-state index in [1.807, 2.05) is 24.1 Å². The molecule has 5 heteroatoms. The zero-order valence-corrected chi connectivity index (χ0v) is 11.6. The lowest BCUT2D eigenvalue weighted by atomic mass is 9.81. The van der Waals surface area contributed by atoms with Crippen LogP contribution in [0.2, 0.25) is 0 Å². The Kier molecular flexibility index (Phi) is 4.04. The third-order valence-electron chi connectivity index (χ3n) is 4.21. The van der Waals surface area contributed by atoms with Gasteiger partial charge in [-0.3, -0.25) is 16.0 Å². The number of nitrogens with zero attached hydrogens (tertiary/aromatic N) is 2. The molecule has 0 bridgehead atoms. The quantitative estimate of drug-likeness (QED) is 0.616. The monoisotopic (exact) mass is 252 g/mol. The molecule has 1 aromatic heterocycles. The van der Waals surface area contributed by atoms with Crippen LogP contribution < -0.4 is 11.3 Å². The van der Waals surface area contributed by atoms with Crippen molar-refractivity contribution in [2.24, 2.45) is 24.7 Å². The van der Waals surface area contributed by atoms with Crippen molar-refractivity contribution < 1.29 is 4.74 Å². The minimum absolute atomic E-state index is 0.226. The molecule has 0 spiro atoms. The maximum atomic E-state index is 5.90. The molecule has 0 amide bonds. The molecule has 1 aliphatic rings. The number of hydrogen-bond acceptors (Lipinski definition) is 4. The summed E-state index contributed by atoms with van der Waals surface area (Å²) in [5, 5.41) is 4.20. The maximum absolute atomic E-state index is 5.90. The van der Waals surface area contributed by atoms with Crippen molar-refractivity contribution in [1.29, 1.82) is 0 Å². The maximum Gasteiger partial charge on any atom is 0.0597 e. The molecule has 1 aliphatic heterocycles. The molecule has 3 N–H and O–H groups in total. The topological polar surface area (TPSA) is 65.1 Å². The van der Waals surface area contributed by atoms with E-state index in [1.54, 1.807) is 0 Å². The summed E-state index contributed by atoms with van der Waals surface area (Å²) in [4.78, 5) is 0.